The second-order valence-electron chi connectivity index (χ2n) is 6.46. The zero-order valence-corrected chi connectivity index (χ0v) is 15.3. The summed E-state index contributed by atoms with van der Waals surface area (Å²) in [5, 5.41) is 0.640. The number of ether oxygens (including phenoxy) is 1. The van der Waals surface area contributed by atoms with Gasteiger partial charge >= 0.3 is 0 Å². The highest BCUT2D eigenvalue weighted by atomic mass is 35.5. The first-order chi connectivity index (χ1) is 12.2. The molecule has 2 saturated heterocycles. The highest BCUT2D eigenvalue weighted by molar-refractivity contribution is 7.08. The summed E-state index contributed by atoms with van der Waals surface area (Å²) in [6, 6.07) is 5.59. The number of carbonyl (C=O) groups excluding carboxylic acids is 1. The summed E-state index contributed by atoms with van der Waals surface area (Å²) < 4.78 is 10.2. The summed E-state index contributed by atoms with van der Waals surface area (Å²) in [7, 11) is 0. The van der Waals surface area contributed by atoms with E-state index < -0.39 is 0 Å². The van der Waals surface area contributed by atoms with Gasteiger partial charge in [-0.2, -0.15) is 0 Å². The van der Waals surface area contributed by atoms with E-state index in [-0.39, 0.29) is 11.5 Å². The lowest BCUT2D eigenvalue weighted by Gasteiger charge is -2.47. The Kier molecular flexibility index (Phi) is 4.62. The van der Waals surface area contributed by atoms with Gasteiger partial charge in [0.15, 0.2) is 0 Å². The molecule has 4 rings (SSSR count). The zero-order chi connectivity index (χ0) is 17.3. The quantitative estimate of drug-likeness (QED) is 0.804. The van der Waals surface area contributed by atoms with Gasteiger partial charge in [-0.05, 0) is 42.6 Å². The fourth-order valence-electron chi connectivity index (χ4n) is 3.50. The lowest BCUT2D eigenvalue weighted by atomic mass is 9.89. The smallest absolute Gasteiger partial charge is 0.265 e. The lowest BCUT2D eigenvalue weighted by Crippen LogP contribution is -2.57. The van der Waals surface area contributed by atoms with E-state index in [2.05, 4.69) is 14.3 Å². The molecule has 2 aliphatic rings. The van der Waals surface area contributed by atoms with Crippen LogP contribution in [0.15, 0.2) is 30.6 Å². The van der Waals surface area contributed by atoms with Crippen LogP contribution in [0.25, 0.3) is 0 Å². The Morgan fingerprint density at radius 1 is 1.24 bits per heavy atom. The number of morpholine rings is 1. The minimum absolute atomic E-state index is 0.0735. The van der Waals surface area contributed by atoms with Crippen molar-refractivity contribution >= 4 is 34.9 Å². The third-order valence-electron chi connectivity index (χ3n) is 4.89. The van der Waals surface area contributed by atoms with Gasteiger partial charge in [-0.25, -0.2) is 9.36 Å². The van der Waals surface area contributed by atoms with Gasteiger partial charge < -0.3 is 14.5 Å². The first kappa shape index (κ1) is 16.8. The predicted molar refractivity (Wildman–Crippen MR) is 97.4 cm³/mol. The van der Waals surface area contributed by atoms with Gasteiger partial charge in [0.2, 0.25) is 0 Å². The number of anilines is 1. The Morgan fingerprint density at radius 2 is 2.08 bits per heavy atom. The average molecular weight is 379 g/mol. The van der Waals surface area contributed by atoms with Crippen LogP contribution >= 0.6 is 23.1 Å². The maximum Gasteiger partial charge on any atom is 0.265 e. The maximum absolute atomic E-state index is 12.5. The summed E-state index contributed by atoms with van der Waals surface area (Å²) in [5.74, 6) is 1.000. The number of likely N-dealkylation sites (tertiary alicyclic amines) is 1. The molecule has 4 heterocycles. The van der Waals surface area contributed by atoms with E-state index in [9.17, 15) is 4.79 Å². The molecule has 0 aromatic carbocycles. The number of carbonyl (C=O) groups is 1. The van der Waals surface area contributed by atoms with Crippen molar-refractivity contribution in [1.29, 1.82) is 0 Å². The van der Waals surface area contributed by atoms with Crippen molar-refractivity contribution in [3.63, 3.8) is 0 Å². The summed E-state index contributed by atoms with van der Waals surface area (Å²) in [6.45, 7) is 3.70. The Morgan fingerprint density at radius 3 is 2.76 bits per heavy atom. The molecule has 2 aromatic rings. The highest BCUT2D eigenvalue weighted by Crippen LogP contribution is 2.32. The SMILES string of the molecule is O=C(c1ccns1)N1CCC2(CC1)CN(c1ccc(Cl)cn1)CCO2. The fourth-order valence-corrected chi connectivity index (χ4v) is 4.17. The van der Waals surface area contributed by atoms with Gasteiger partial charge in [0.1, 0.15) is 10.7 Å². The Hall–Kier alpha value is -1.70. The molecule has 6 nitrogen and oxygen atoms in total. The molecular weight excluding hydrogens is 360 g/mol. The molecule has 132 valence electrons. The van der Waals surface area contributed by atoms with Crippen LogP contribution in [0.1, 0.15) is 22.5 Å². The van der Waals surface area contributed by atoms with E-state index in [1.165, 1.54) is 11.5 Å². The maximum atomic E-state index is 12.5. The van der Waals surface area contributed by atoms with Crippen molar-refractivity contribution in [2.45, 2.75) is 18.4 Å². The summed E-state index contributed by atoms with van der Waals surface area (Å²) in [5.41, 5.74) is -0.204. The number of hydrogen-bond donors (Lipinski definition) is 0. The summed E-state index contributed by atoms with van der Waals surface area (Å²) in [4.78, 5) is 21.8. The van der Waals surface area contributed by atoms with E-state index >= 15 is 0 Å². The molecule has 0 bridgehead atoms. The normalized spacial score (nSPS) is 20.0. The third kappa shape index (κ3) is 3.49. The number of amides is 1. The van der Waals surface area contributed by atoms with Gasteiger partial charge in [-0.15, -0.1) is 0 Å². The van der Waals surface area contributed by atoms with E-state index in [4.69, 9.17) is 16.3 Å². The molecule has 1 amide bonds. The molecule has 2 fully saturated rings. The van der Waals surface area contributed by atoms with Crippen LogP contribution in [0.2, 0.25) is 5.02 Å². The molecule has 1 spiro atoms. The largest absolute Gasteiger partial charge is 0.371 e. The van der Waals surface area contributed by atoms with Gasteiger partial charge in [-0.3, -0.25) is 4.79 Å². The lowest BCUT2D eigenvalue weighted by molar-refractivity contribution is -0.0869. The van der Waals surface area contributed by atoms with Crippen molar-refractivity contribution in [3.8, 4) is 0 Å². The van der Waals surface area contributed by atoms with E-state index in [0.717, 1.165) is 31.7 Å². The Labute approximate surface area is 155 Å². The fraction of sp³-hybridized carbons (Fsp3) is 0.471. The van der Waals surface area contributed by atoms with Crippen LogP contribution in [-0.4, -0.2) is 58.6 Å². The predicted octanol–water partition coefficient (Wildman–Crippen LogP) is 2.70. The van der Waals surface area contributed by atoms with Crippen molar-refractivity contribution in [3.05, 3.63) is 40.5 Å². The molecule has 25 heavy (non-hydrogen) atoms. The molecule has 0 radical (unpaired) electrons. The molecule has 2 aromatic heterocycles. The molecule has 8 heteroatoms. The van der Waals surface area contributed by atoms with Gasteiger partial charge in [0.05, 0.1) is 17.2 Å². The molecular formula is C17H19ClN4O2S. The van der Waals surface area contributed by atoms with E-state index in [0.29, 0.717) is 29.6 Å². The van der Waals surface area contributed by atoms with Crippen LogP contribution < -0.4 is 4.90 Å². The van der Waals surface area contributed by atoms with Crippen LogP contribution in [0.3, 0.4) is 0 Å². The van der Waals surface area contributed by atoms with E-state index in [1.54, 1.807) is 18.5 Å². The number of rotatable bonds is 2. The second-order valence-corrected chi connectivity index (χ2v) is 7.73. The van der Waals surface area contributed by atoms with Gasteiger partial charge in [0.25, 0.3) is 5.91 Å². The number of nitrogens with zero attached hydrogens (tertiary/aromatic N) is 4. The molecule has 2 aliphatic heterocycles. The number of pyridine rings is 1. The first-order valence-electron chi connectivity index (χ1n) is 8.36. The van der Waals surface area contributed by atoms with Gasteiger partial charge in [0, 0.05) is 38.6 Å². The van der Waals surface area contributed by atoms with Crippen LogP contribution in [0, 0.1) is 0 Å². The molecule has 0 N–H and O–H groups in total. The minimum Gasteiger partial charge on any atom is -0.371 e. The standard InChI is InChI=1S/C17H19ClN4O2S/c18-13-1-2-15(19-11-13)22-9-10-24-17(12-22)4-7-21(8-5-17)16(23)14-3-6-20-25-14/h1-3,6,11H,4-5,7-10,12H2. The second kappa shape index (κ2) is 6.90. The van der Waals surface area contributed by atoms with Crippen molar-refractivity contribution < 1.29 is 9.53 Å². The Bertz CT molecular complexity index is 730. The molecule has 0 atom stereocenters. The number of aromatic nitrogens is 2. The van der Waals surface area contributed by atoms with E-state index in [1.807, 2.05) is 17.0 Å². The first-order valence-corrected chi connectivity index (χ1v) is 9.51. The van der Waals surface area contributed by atoms with Crippen molar-refractivity contribution in [2.24, 2.45) is 0 Å². The van der Waals surface area contributed by atoms with Crippen molar-refractivity contribution in [2.75, 3.05) is 37.7 Å². The highest BCUT2D eigenvalue weighted by Gasteiger charge is 2.41. The monoisotopic (exact) mass is 378 g/mol. The Balaban J connectivity index is 1.41. The summed E-state index contributed by atoms with van der Waals surface area (Å²) >= 11 is 7.18. The minimum atomic E-state index is -0.204. The summed E-state index contributed by atoms with van der Waals surface area (Å²) in [6.07, 6.45) is 5.02. The zero-order valence-electron chi connectivity index (χ0n) is 13.7. The van der Waals surface area contributed by atoms with Crippen LogP contribution in [0.5, 0.6) is 0 Å². The van der Waals surface area contributed by atoms with Crippen LogP contribution in [-0.2, 0) is 4.74 Å². The third-order valence-corrected chi connectivity index (χ3v) is 5.85. The molecule has 0 unspecified atom stereocenters. The van der Waals surface area contributed by atoms with Crippen molar-refractivity contribution in [1.82, 2.24) is 14.3 Å². The average Bonchev–Trinajstić information content (AvgIpc) is 3.17. The van der Waals surface area contributed by atoms with Crippen LogP contribution in [0.4, 0.5) is 5.82 Å². The van der Waals surface area contributed by atoms with Gasteiger partial charge in [-0.1, -0.05) is 11.6 Å². The number of hydrogen-bond acceptors (Lipinski definition) is 6. The molecule has 0 saturated carbocycles. The number of halogens is 1. The number of piperidine rings is 1. The molecule has 0 aliphatic carbocycles. The topological polar surface area (TPSA) is 58.6 Å².